The Morgan fingerprint density at radius 3 is 2.11 bits per heavy atom. The van der Waals surface area contributed by atoms with Crippen LogP contribution >= 0.6 is 0 Å². The highest BCUT2D eigenvalue weighted by Gasteiger charge is 2.26. The summed E-state index contributed by atoms with van der Waals surface area (Å²) >= 11 is 0. The van der Waals surface area contributed by atoms with E-state index >= 15 is 0 Å². The monoisotopic (exact) mass is 512 g/mol. The van der Waals surface area contributed by atoms with Gasteiger partial charge in [-0.2, -0.15) is 0 Å². The topological polar surface area (TPSA) is 112 Å². The van der Waals surface area contributed by atoms with E-state index in [0.717, 1.165) is 28.9 Å². The van der Waals surface area contributed by atoms with Crippen molar-refractivity contribution in [2.75, 3.05) is 26.4 Å². The number of carbonyl (C=O) groups is 2. The second kappa shape index (κ2) is 14.2. The molecule has 2 unspecified atom stereocenters. The predicted molar refractivity (Wildman–Crippen MR) is 140 cm³/mol. The molecule has 2 atom stereocenters. The third-order valence-electron chi connectivity index (χ3n) is 5.73. The Hall–Kier alpha value is -3.62. The standard InChI is InChI=1S/C29H36O8/c1-6-27(32)36-18-22(30)16-34-24-10-8-9-21(11-12-24)29(4,5)26-14-13-25(15-20(26)3)35-17-23(31)19-37-28(33)7-2/h6-7,9-15,22-23,30-31H,1-2,8,16-19H2,3-5H3. The summed E-state index contributed by atoms with van der Waals surface area (Å²) < 4.78 is 21.0. The van der Waals surface area contributed by atoms with Gasteiger partial charge in [0.15, 0.2) is 0 Å². The number of hydrogen-bond acceptors (Lipinski definition) is 8. The molecule has 0 amide bonds. The van der Waals surface area contributed by atoms with Gasteiger partial charge in [-0.15, -0.1) is 0 Å². The first-order valence-corrected chi connectivity index (χ1v) is 12.0. The Kier molecular flexibility index (Phi) is 11.4. The van der Waals surface area contributed by atoms with E-state index < -0.39 is 24.1 Å². The molecule has 0 saturated heterocycles. The van der Waals surface area contributed by atoms with Crippen molar-refractivity contribution >= 4 is 11.9 Å². The van der Waals surface area contributed by atoms with Gasteiger partial charge in [0, 0.05) is 17.6 Å². The highest BCUT2D eigenvalue weighted by molar-refractivity contribution is 5.81. The molecular formula is C29H36O8. The minimum atomic E-state index is -0.950. The number of aryl methyl sites for hydroxylation is 1. The second-order valence-electron chi connectivity index (χ2n) is 9.03. The van der Waals surface area contributed by atoms with E-state index in [1.165, 1.54) is 0 Å². The average Bonchev–Trinajstić information content (AvgIpc) is 3.14. The molecule has 2 rings (SSSR count). The van der Waals surface area contributed by atoms with Gasteiger partial charge in [-0.1, -0.05) is 45.2 Å². The van der Waals surface area contributed by atoms with Gasteiger partial charge in [0.05, 0.1) is 0 Å². The Balaban J connectivity index is 1.96. The zero-order valence-electron chi connectivity index (χ0n) is 21.6. The van der Waals surface area contributed by atoms with Crippen LogP contribution in [0.25, 0.3) is 0 Å². The number of carbonyl (C=O) groups excluding carboxylic acids is 2. The van der Waals surface area contributed by atoms with Crippen LogP contribution < -0.4 is 4.74 Å². The Bertz CT molecular complexity index is 1060. The predicted octanol–water partition coefficient (Wildman–Crippen LogP) is 3.62. The zero-order valence-corrected chi connectivity index (χ0v) is 21.6. The van der Waals surface area contributed by atoms with E-state index in [-0.39, 0.29) is 31.8 Å². The van der Waals surface area contributed by atoms with Gasteiger partial charge >= 0.3 is 11.9 Å². The van der Waals surface area contributed by atoms with Crippen molar-refractivity contribution < 1.29 is 38.7 Å². The number of benzene rings is 1. The van der Waals surface area contributed by atoms with Crippen LogP contribution in [0.2, 0.25) is 0 Å². The summed E-state index contributed by atoms with van der Waals surface area (Å²) in [7, 11) is 0. The Labute approximate surface area is 218 Å². The number of esters is 2. The molecular weight excluding hydrogens is 476 g/mol. The van der Waals surface area contributed by atoms with Gasteiger partial charge in [0.1, 0.15) is 50.1 Å². The van der Waals surface area contributed by atoms with E-state index in [1.54, 1.807) is 0 Å². The summed E-state index contributed by atoms with van der Waals surface area (Å²) in [4.78, 5) is 22.2. The molecule has 1 aromatic rings. The number of aliphatic hydroxyl groups excluding tert-OH is 2. The summed E-state index contributed by atoms with van der Waals surface area (Å²) in [5.41, 5.74) is 2.91. The zero-order chi connectivity index (χ0) is 27.4. The molecule has 2 N–H and O–H groups in total. The summed E-state index contributed by atoms with van der Waals surface area (Å²) in [5, 5.41) is 19.9. The van der Waals surface area contributed by atoms with Crippen LogP contribution in [-0.2, 0) is 29.2 Å². The lowest BCUT2D eigenvalue weighted by Gasteiger charge is -2.29. The maximum atomic E-state index is 11.1. The summed E-state index contributed by atoms with van der Waals surface area (Å²) in [5.74, 6) is 0.0317. The molecule has 37 heavy (non-hydrogen) atoms. The Morgan fingerprint density at radius 2 is 1.54 bits per heavy atom. The van der Waals surface area contributed by atoms with Crippen molar-refractivity contribution in [1.29, 1.82) is 0 Å². The van der Waals surface area contributed by atoms with E-state index in [0.29, 0.717) is 17.9 Å². The quantitative estimate of drug-likeness (QED) is 0.287. The first kappa shape index (κ1) is 29.6. The summed E-state index contributed by atoms with van der Waals surface area (Å²) in [6.45, 7) is 12.5. The normalized spacial score (nSPS) is 14.8. The van der Waals surface area contributed by atoms with Crippen molar-refractivity contribution in [1.82, 2.24) is 0 Å². The van der Waals surface area contributed by atoms with Gasteiger partial charge in [-0.25, -0.2) is 9.59 Å². The number of rotatable bonds is 14. The first-order valence-electron chi connectivity index (χ1n) is 12.0. The van der Waals surface area contributed by atoms with Crippen LogP contribution in [-0.4, -0.2) is 60.8 Å². The largest absolute Gasteiger partial charge is 0.491 e. The lowest BCUT2D eigenvalue weighted by molar-refractivity contribution is -0.142. The molecule has 8 heteroatoms. The van der Waals surface area contributed by atoms with E-state index in [4.69, 9.17) is 18.9 Å². The SMILES string of the molecule is C=CC(=O)OCC(O)COC1=CCC=C(C(C)(C)c2ccc(OCC(O)COC(=O)C=C)cc2C)C=C1. The molecule has 0 aromatic heterocycles. The molecule has 0 aliphatic heterocycles. The Morgan fingerprint density at radius 1 is 0.946 bits per heavy atom. The number of allylic oxidation sites excluding steroid dienone is 5. The molecule has 0 saturated carbocycles. The lowest BCUT2D eigenvalue weighted by Crippen LogP contribution is -2.25. The molecule has 0 radical (unpaired) electrons. The van der Waals surface area contributed by atoms with Crippen molar-refractivity contribution in [2.45, 2.75) is 44.8 Å². The van der Waals surface area contributed by atoms with Crippen LogP contribution in [0.5, 0.6) is 5.75 Å². The van der Waals surface area contributed by atoms with Crippen LogP contribution in [0.4, 0.5) is 0 Å². The van der Waals surface area contributed by atoms with E-state index in [1.807, 2.05) is 43.4 Å². The fraction of sp³-hybridized carbons (Fsp3) is 0.379. The minimum absolute atomic E-state index is 0.00865. The van der Waals surface area contributed by atoms with E-state index in [2.05, 4.69) is 33.1 Å². The van der Waals surface area contributed by atoms with Gasteiger partial charge in [-0.3, -0.25) is 0 Å². The smallest absolute Gasteiger partial charge is 0.330 e. The van der Waals surface area contributed by atoms with Gasteiger partial charge in [-0.05, 0) is 54.3 Å². The van der Waals surface area contributed by atoms with Crippen molar-refractivity contribution in [3.8, 4) is 5.75 Å². The van der Waals surface area contributed by atoms with Crippen molar-refractivity contribution in [3.63, 3.8) is 0 Å². The molecule has 200 valence electrons. The lowest BCUT2D eigenvalue weighted by atomic mass is 9.75. The summed E-state index contributed by atoms with van der Waals surface area (Å²) in [6, 6.07) is 5.76. The van der Waals surface area contributed by atoms with Crippen LogP contribution in [0, 0.1) is 6.92 Å². The van der Waals surface area contributed by atoms with Crippen LogP contribution in [0.15, 0.2) is 79.1 Å². The molecule has 8 nitrogen and oxygen atoms in total. The van der Waals surface area contributed by atoms with Gasteiger partial charge in [0.25, 0.3) is 0 Å². The van der Waals surface area contributed by atoms with Crippen LogP contribution in [0.3, 0.4) is 0 Å². The van der Waals surface area contributed by atoms with Crippen LogP contribution in [0.1, 0.15) is 31.4 Å². The third-order valence-corrected chi connectivity index (χ3v) is 5.73. The minimum Gasteiger partial charge on any atom is -0.491 e. The molecule has 1 aliphatic carbocycles. The fourth-order valence-corrected chi connectivity index (χ4v) is 3.72. The highest BCUT2D eigenvalue weighted by atomic mass is 16.6. The summed E-state index contributed by atoms with van der Waals surface area (Å²) in [6.07, 6.45) is 8.73. The van der Waals surface area contributed by atoms with Crippen molar-refractivity contribution in [2.24, 2.45) is 0 Å². The maximum absolute atomic E-state index is 11.1. The molecule has 0 fully saturated rings. The molecule has 1 aliphatic rings. The van der Waals surface area contributed by atoms with Gasteiger partial charge < -0.3 is 29.2 Å². The fourth-order valence-electron chi connectivity index (χ4n) is 3.72. The molecule has 1 aromatic carbocycles. The van der Waals surface area contributed by atoms with Gasteiger partial charge in [0.2, 0.25) is 0 Å². The first-order chi connectivity index (χ1) is 17.6. The highest BCUT2D eigenvalue weighted by Crippen LogP contribution is 2.37. The molecule has 0 heterocycles. The number of hydrogen-bond donors (Lipinski definition) is 2. The van der Waals surface area contributed by atoms with Crippen molar-refractivity contribution in [3.05, 3.63) is 90.3 Å². The third kappa shape index (κ3) is 9.40. The molecule has 0 spiro atoms. The molecule has 0 bridgehead atoms. The average molecular weight is 513 g/mol. The number of aliphatic hydroxyl groups is 2. The maximum Gasteiger partial charge on any atom is 0.330 e. The second-order valence-corrected chi connectivity index (χ2v) is 9.03. The number of ether oxygens (including phenoxy) is 4. The van der Waals surface area contributed by atoms with E-state index in [9.17, 15) is 19.8 Å².